The van der Waals surface area contributed by atoms with E-state index in [9.17, 15) is 9.59 Å². The molecule has 2 aliphatic heterocycles. The van der Waals surface area contributed by atoms with Crippen molar-refractivity contribution in [2.45, 2.75) is 13.0 Å². The van der Waals surface area contributed by atoms with Crippen LogP contribution in [0.4, 0.5) is 0 Å². The van der Waals surface area contributed by atoms with E-state index in [1.165, 1.54) is 0 Å². The summed E-state index contributed by atoms with van der Waals surface area (Å²) >= 11 is 0. The van der Waals surface area contributed by atoms with Gasteiger partial charge in [-0.3, -0.25) is 14.5 Å². The van der Waals surface area contributed by atoms with E-state index in [-0.39, 0.29) is 17.1 Å². The molecule has 7 heteroatoms. The Labute approximate surface area is 186 Å². The third-order valence-electron chi connectivity index (χ3n) is 6.31. The Morgan fingerprint density at radius 1 is 1.03 bits per heavy atom. The number of hydrogen-bond acceptors (Lipinski definition) is 6. The summed E-state index contributed by atoms with van der Waals surface area (Å²) in [5.74, 6) is 0.627. The zero-order valence-corrected chi connectivity index (χ0v) is 18.3. The molecule has 1 aromatic heterocycles. The van der Waals surface area contributed by atoms with Crippen molar-refractivity contribution in [2.24, 2.45) is 0 Å². The van der Waals surface area contributed by atoms with Crippen molar-refractivity contribution in [3.05, 3.63) is 75.1 Å². The fraction of sp³-hybridized carbons (Fsp3) is 0.360. The summed E-state index contributed by atoms with van der Waals surface area (Å²) < 4.78 is 16.7. The maximum atomic E-state index is 13.6. The molecule has 0 saturated carbocycles. The summed E-state index contributed by atoms with van der Waals surface area (Å²) in [7, 11) is 1.61. The second-order valence-electron chi connectivity index (χ2n) is 8.30. The van der Waals surface area contributed by atoms with Crippen molar-refractivity contribution in [3.63, 3.8) is 0 Å². The standard InChI is InChI=1S/C25H26N2O5/c1-16-3-8-20-19(15-16)23(28)21-22(17-4-6-18(30-2)7-5-17)27(25(29)24(21)32-20)10-9-26-11-13-31-14-12-26/h3-8,15,22H,9-14H2,1-2H3/t22-/m1/s1. The van der Waals surface area contributed by atoms with E-state index >= 15 is 0 Å². The normalized spacial score (nSPS) is 18.9. The van der Waals surface area contributed by atoms with Crippen molar-refractivity contribution in [1.29, 1.82) is 0 Å². The first-order chi connectivity index (χ1) is 15.6. The Hall–Kier alpha value is -3.16. The Bertz CT molecular complexity index is 1210. The fourth-order valence-corrected chi connectivity index (χ4v) is 4.57. The molecule has 1 atom stereocenters. The second-order valence-corrected chi connectivity index (χ2v) is 8.30. The third-order valence-corrected chi connectivity index (χ3v) is 6.31. The van der Waals surface area contributed by atoms with E-state index in [0.717, 1.165) is 30.0 Å². The van der Waals surface area contributed by atoms with Crippen LogP contribution < -0.4 is 10.2 Å². The average molecular weight is 434 g/mol. The van der Waals surface area contributed by atoms with Crippen molar-refractivity contribution >= 4 is 16.9 Å². The second kappa shape index (κ2) is 8.41. The summed E-state index contributed by atoms with van der Waals surface area (Å²) in [5, 5.41) is 0.505. The molecule has 32 heavy (non-hydrogen) atoms. The largest absolute Gasteiger partial charge is 0.497 e. The molecule has 0 radical (unpaired) electrons. The van der Waals surface area contributed by atoms with E-state index in [1.807, 2.05) is 43.3 Å². The van der Waals surface area contributed by atoms with Crippen LogP contribution in [0.3, 0.4) is 0 Å². The predicted octanol–water partition coefficient (Wildman–Crippen LogP) is 2.99. The van der Waals surface area contributed by atoms with Crippen LogP contribution in [0.2, 0.25) is 0 Å². The summed E-state index contributed by atoms with van der Waals surface area (Å²) in [6.07, 6.45) is 0. The molecule has 7 nitrogen and oxygen atoms in total. The zero-order valence-electron chi connectivity index (χ0n) is 18.3. The Morgan fingerprint density at radius 3 is 2.50 bits per heavy atom. The van der Waals surface area contributed by atoms with Gasteiger partial charge in [-0.15, -0.1) is 0 Å². The SMILES string of the molecule is COc1ccc([C@@H]2c3c(oc4ccc(C)cc4c3=O)C(=O)N2CCN2CCOCC2)cc1. The summed E-state index contributed by atoms with van der Waals surface area (Å²) in [6.45, 7) is 6.21. The number of ether oxygens (including phenoxy) is 2. The fourth-order valence-electron chi connectivity index (χ4n) is 4.57. The van der Waals surface area contributed by atoms with Gasteiger partial charge in [-0.1, -0.05) is 23.8 Å². The van der Waals surface area contributed by atoms with Crippen LogP contribution in [-0.2, 0) is 4.74 Å². The molecule has 1 fully saturated rings. The van der Waals surface area contributed by atoms with Gasteiger partial charge in [-0.2, -0.15) is 0 Å². The Kier molecular flexibility index (Phi) is 5.45. The number of aryl methyl sites for hydroxylation is 1. The van der Waals surface area contributed by atoms with Gasteiger partial charge in [-0.05, 0) is 36.8 Å². The number of carbonyl (C=O) groups is 1. The molecule has 0 N–H and O–H groups in total. The topological polar surface area (TPSA) is 72.2 Å². The number of nitrogens with zero attached hydrogens (tertiary/aromatic N) is 2. The van der Waals surface area contributed by atoms with E-state index in [4.69, 9.17) is 13.9 Å². The van der Waals surface area contributed by atoms with Gasteiger partial charge >= 0.3 is 0 Å². The van der Waals surface area contributed by atoms with Gasteiger partial charge in [0.15, 0.2) is 5.43 Å². The van der Waals surface area contributed by atoms with Crippen molar-refractivity contribution in [1.82, 2.24) is 9.80 Å². The number of morpholine rings is 1. The van der Waals surface area contributed by atoms with E-state index < -0.39 is 6.04 Å². The van der Waals surface area contributed by atoms with E-state index in [1.54, 1.807) is 18.1 Å². The quantitative estimate of drug-likeness (QED) is 0.615. The molecule has 3 aromatic rings. The minimum absolute atomic E-state index is 0.145. The van der Waals surface area contributed by atoms with Crippen LogP contribution in [0, 0.1) is 6.92 Å². The molecule has 1 amide bonds. The van der Waals surface area contributed by atoms with E-state index in [2.05, 4.69) is 4.90 Å². The highest BCUT2D eigenvalue weighted by atomic mass is 16.5. The van der Waals surface area contributed by atoms with Crippen LogP contribution in [0.25, 0.3) is 11.0 Å². The monoisotopic (exact) mass is 434 g/mol. The number of benzene rings is 2. The number of rotatable bonds is 5. The molecule has 0 unspecified atom stereocenters. The maximum absolute atomic E-state index is 13.6. The molecule has 2 aliphatic rings. The highest BCUT2D eigenvalue weighted by Gasteiger charge is 2.42. The molecule has 0 spiro atoms. The third kappa shape index (κ3) is 3.57. The average Bonchev–Trinajstić information content (AvgIpc) is 3.10. The molecule has 1 saturated heterocycles. The van der Waals surface area contributed by atoms with Gasteiger partial charge in [0.25, 0.3) is 5.91 Å². The molecule has 5 rings (SSSR count). The molecular formula is C25H26N2O5. The van der Waals surface area contributed by atoms with Gasteiger partial charge in [0.05, 0.1) is 37.3 Å². The minimum atomic E-state index is -0.495. The van der Waals surface area contributed by atoms with Crippen LogP contribution in [0.5, 0.6) is 5.75 Å². The minimum Gasteiger partial charge on any atom is -0.497 e. The Morgan fingerprint density at radius 2 is 1.78 bits per heavy atom. The number of fused-ring (bicyclic) bond motifs is 2. The molecule has 2 aromatic carbocycles. The van der Waals surface area contributed by atoms with Crippen LogP contribution in [0.1, 0.15) is 33.3 Å². The Balaban J connectivity index is 1.60. The lowest BCUT2D eigenvalue weighted by Crippen LogP contribution is -2.42. The highest BCUT2D eigenvalue weighted by molar-refractivity contribution is 5.99. The first-order valence-corrected chi connectivity index (χ1v) is 10.9. The predicted molar refractivity (Wildman–Crippen MR) is 120 cm³/mol. The lowest BCUT2D eigenvalue weighted by molar-refractivity contribution is 0.0314. The van der Waals surface area contributed by atoms with Gasteiger partial charge in [-0.25, -0.2) is 0 Å². The summed E-state index contributed by atoms with van der Waals surface area (Å²) in [5.41, 5.74) is 2.54. The summed E-state index contributed by atoms with van der Waals surface area (Å²) in [4.78, 5) is 31.1. The molecule has 0 bridgehead atoms. The van der Waals surface area contributed by atoms with Gasteiger partial charge in [0, 0.05) is 26.2 Å². The van der Waals surface area contributed by atoms with Crippen LogP contribution in [-0.4, -0.2) is 62.2 Å². The first-order valence-electron chi connectivity index (χ1n) is 10.9. The van der Waals surface area contributed by atoms with Crippen molar-refractivity contribution in [2.75, 3.05) is 46.5 Å². The molecule has 0 aliphatic carbocycles. The number of amides is 1. The first kappa shape index (κ1) is 20.7. The smallest absolute Gasteiger partial charge is 0.290 e. The highest BCUT2D eigenvalue weighted by Crippen LogP contribution is 2.38. The summed E-state index contributed by atoms with van der Waals surface area (Å²) in [6, 6.07) is 12.5. The van der Waals surface area contributed by atoms with Gasteiger partial charge < -0.3 is 18.8 Å². The number of carbonyl (C=O) groups excluding carboxylic acids is 1. The molecule has 166 valence electrons. The van der Waals surface area contributed by atoms with Crippen LogP contribution >= 0.6 is 0 Å². The lowest BCUT2D eigenvalue weighted by Gasteiger charge is -2.31. The van der Waals surface area contributed by atoms with Gasteiger partial charge in [0.2, 0.25) is 5.76 Å². The van der Waals surface area contributed by atoms with Gasteiger partial charge in [0.1, 0.15) is 11.3 Å². The van der Waals surface area contributed by atoms with Crippen LogP contribution in [0.15, 0.2) is 51.7 Å². The number of methoxy groups -OCH3 is 1. The lowest BCUT2D eigenvalue weighted by atomic mass is 9.98. The van der Waals surface area contributed by atoms with E-state index in [0.29, 0.717) is 42.8 Å². The maximum Gasteiger partial charge on any atom is 0.290 e. The molecule has 3 heterocycles. The van der Waals surface area contributed by atoms with Crippen molar-refractivity contribution < 1.29 is 18.7 Å². The molecular weight excluding hydrogens is 408 g/mol. The van der Waals surface area contributed by atoms with Crippen molar-refractivity contribution in [3.8, 4) is 5.75 Å². The zero-order chi connectivity index (χ0) is 22.2. The number of hydrogen-bond donors (Lipinski definition) is 0.